The van der Waals surface area contributed by atoms with E-state index >= 15 is 0 Å². The van der Waals surface area contributed by atoms with Crippen molar-refractivity contribution in [3.05, 3.63) is 315 Å². The summed E-state index contributed by atoms with van der Waals surface area (Å²) in [6.45, 7) is 12.2. The lowest BCUT2D eigenvalue weighted by atomic mass is 10.1. The molecule has 3 N–H and O–H groups in total. The summed E-state index contributed by atoms with van der Waals surface area (Å²) in [4.78, 5) is 146. The number of carbonyl (C=O) groups is 3. The van der Waals surface area contributed by atoms with Gasteiger partial charge in [-0.15, -0.1) is 18.9 Å². The van der Waals surface area contributed by atoms with Gasteiger partial charge in [0, 0.05) is 30.3 Å². The van der Waals surface area contributed by atoms with Gasteiger partial charge in [-0.3, -0.25) is 19.2 Å². The molecule has 124 heavy (non-hydrogen) atoms. The molecule has 0 bridgehead atoms. The topological polar surface area (TPSA) is 413 Å². The van der Waals surface area contributed by atoms with Crippen molar-refractivity contribution in [3.8, 4) is 23.0 Å². The normalized spacial score (nSPS) is 11.0. The largest absolute Gasteiger partial charge is 0.534 e. The van der Waals surface area contributed by atoms with Crippen LogP contribution in [-0.2, 0) is 63.8 Å². The Labute approximate surface area is 704 Å². The fourth-order valence-electron chi connectivity index (χ4n) is 12.4. The Hall–Kier alpha value is -15.4. The third kappa shape index (κ3) is 20.7. The van der Waals surface area contributed by atoms with Gasteiger partial charge in [-0.2, -0.15) is 21.6 Å². The first-order chi connectivity index (χ1) is 59.7. The fourth-order valence-corrected chi connectivity index (χ4v) is 12.9. The van der Waals surface area contributed by atoms with Gasteiger partial charge in [-0.1, -0.05) is 158 Å². The Morgan fingerprint density at radius 3 is 1.17 bits per heavy atom. The molecule has 34 nitrogen and oxygen atoms in total. The van der Waals surface area contributed by atoms with Crippen LogP contribution >= 0.6 is 0 Å². The van der Waals surface area contributed by atoms with E-state index in [1.807, 2.05) is 146 Å². The van der Waals surface area contributed by atoms with Crippen LogP contribution in [0.4, 0.5) is 24.5 Å². The maximum absolute atomic E-state index is 13.6. The highest BCUT2D eigenvalue weighted by Gasteiger charge is 2.50. The Kier molecular flexibility index (Phi) is 29.6. The van der Waals surface area contributed by atoms with Crippen molar-refractivity contribution in [1.82, 2.24) is 58.8 Å². The van der Waals surface area contributed by atoms with Crippen LogP contribution < -0.4 is 65.9 Å². The molecule has 14 aromatic rings. The van der Waals surface area contributed by atoms with Gasteiger partial charge in [0.1, 0.15) is 69.0 Å². The fraction of sp³-hybridized carbons (Fsp3) is 0.221. The van der Waals surface area contributed by atoms with E-state index in [1.54, 1.807) is 72.2 Å². The average molecular weight is 1720 g/mol. The number of carbonyl (C=O) groups excluding carboxylic acids is 3. The number of aromatic nitrogens is 12. The second-order valence-corrected chi connectivity index (χ2v) is 27.8. The second-order valence-electron chi connectivity index (χ2n) is 26.3. The molecule has 6 aromatic carbocycles. The lowest BCUT2D eigenvalue weighted by molar-refractivity contribution is -0.0500. The van der Waals surface area contributed by atoms with Crippen molar-refractivity contribution in [2.75, 3.05) is 44.7 Å². The molecule has 8 aromatic heterocycles. The quantitative estimate of drug-likeness (QED) is 0.0177. The van der Waals surface area contributed by atoms with E-state index in [0.717, 1.165) is 60.4 Å². The van der Waals surface area contributed by atoms with Gasteiger partial charge < -0.3 is 63.0 Å². The number of ether oxygens (including phenoxy) is 5. The van der Waals surface area contributed by atoms with E-state index in [2.05, 4.69) is 54.7 Å². The van der Waals surface area contributed by atoms with Crippen molar-refractivity contribution in [3.63, 3.8) is 0 Å². The molecular formula is C86H81F3N14O20S. The molecule has 0 aliphatic rings. The predicted octanol–water partition coefficient (Wildman–Crippen LogP) is 10.6. The van der Waals surface area contributed by atoms with Crippen molar-refractivity contribution in [1.29, 1.82) is 0 Å². The molecular weight excluding hydrogens is 1640 g/mol. The van der Waals surface area contributed by atoms with Gasteiger partial charge in [-0.05, 0) is 82.9 Å². The van der Waals surface area contributed by atoms with Crippen LogP contribution in [-0.4, -0.2) is 130 Å². The first-order valence-corrected chi connectivity index (χ1v) is 39.3. The van der Waals surface area contributed by atoms with Crippen LogP contribution in [0.5, 0.6) is 23.0 Å². The lowest BCUT2D eigenvalue weighted by Gasteiger charge is -2.19. The van der Waals surface area contributed by atoms with E-state index in [9.17, 15) is 60.3 Å². The summed E-state index contributed by atoms with van der Waals surface area (Å²) >= 11 is 0. The van der Waals surface area contributed by atoms with Crippen molar-refractivity contribution in [2.24, 2.45) is 0 Å². The summed E-state index contributed by atoms with van der Waals surface area (Å²) in [5.41, 5.74) is -2.84. The lowest BCUT2D eigenvalue weighted by Crippen LogP contribution is -2.35. The number of nitrogens with zero attached hydrogens (tertiary/aromatic N) is 12. The zero-order valence-corrected chi connectivity index (χ0v) is 68.8. The number of hydrogen-bond donors (Lipinski definition) is 3. The van der Waals surface area contributed by atoms with Crippen LogP contribution in [0.25, 0.3) is 44.1 Å². The van der Waals surface area contributed by atoms with E-state index in [4.69, 9.17) is 43.0 Å². The first kappa shape index (κ1) is 89.4. The molecule has 0 fully saturated rings. The first-order valence-electron chi connectivity index (χ1n) is 37.9. The van der Waals surface area contributed by atoms with E-state index in [-0.39, 0.29) is 92.0 Å². The molecule has 0 saturated heterocycles. The Balaban J connectivity index is 0.000000162. The summed E-state index contributed by atoms with van der Waals surface area (Å²) in [5, 5.41) is 18.0. The van der Waals surface area contributed by atoms with Crippen LogP contribution in [0.2, 0.25) is 0 Å². The number of aryl methyl sites for hydroxylation is 4. The Morgan fingerprint density at radius 2 is 0.750 bits per heavy atom. The molecule has 38 heteroatoms. The molecule has 642 valence electrons. The van der Waals surface area contributed by atoms with Gasteiger partial charge >= 0.3 is 50.2 Å². The van der Waals surface area contributed by atoms with Gasteiger partial charge in [0.25, 0.3) is 5.56 Å². The van der Waals surface area contributed by atoms with Crippen molar-refractivity contribution in [2.45, 2.75) is 93.5 Å². The zero-order chi connectivity index (χ0) is 88.8. The molecule has 14 rings (SSSR count). The SMILES string of the molecule is CCOC(=O)c1c(NCc2ccccc2OC)c2c(C)ncnc2n(OCc2ccccc2)c1=O.CCOC(=O)c1c(O)c2c(C)ncnc2n(OCc2ccccc2)c1=O.CCOC(=O)c1c(OS(=O)(=O)C(F)(F)F)c2c(C)ncnc2n(OCc2ccccc2)c1=O.COc1ccccc1CNc1cc(=O)n(OCc2ccccc2)c2ncnc(C)c12. The van der Waals surface area contributed by atoms with E-state index in [0.29, 0.717) is 50.7 Å². The summed E-state index contributed by atoms with van der Waals surface area (Å²) in [7, 11) is -3.05. The Bertz CT molecular complexity index is 6580. The average Bonchev–Trinajstić information content (AvgIpc) is 0.745. The molecule has 0 radical (unpaired) electrons. The molecule has 8 heterocycles. The standard InChI is InChI=1S/C26H26N4O5.C23H22N4O3.C19H16F3N3O7S.C18H17N3O5/c1-4-34-26(32)22-23(27-14-19-12-8-9-13-20(19)33-3)21-17(2)28-16-29-24(21)30(25(22)31)35-15-18-10-6-5-7-11-18;1-16-22-19(24-13-18-10-6-7-11-20(18)29-2)12-21(28)27(23(22)26-15-25-16)30-14-17-8-4-3-5-9-17;1-3-30-18(27)14-15(32-33(28,29)19(20,21)22)13-11(2)23-10-24-16(13)25(17(14)26)31-9-12-7-5-4-6-8-12;1-3-25-18(24)14-15(22)13-11(2)19-10-20-16(13)21(17(14)23)26-9-12-7-5-4-6-8-12/h5-13,16,27H,4,14-15H2,1-3H3;3-12,15,24H,13-14H2,1-2H3;4-8,10H,3,9H2,1-2H3;4-8,10,22H,3,9H2,1-2H3. The number of halogens is 3. The van der Waals surface area contributed by atoms with E-state index in [1.165, 1.54) is 43.6 Å². The molecule has 0 atom stereocenters. The summed E-state index contributed by atoms with van der Waals surface area (Å²) in [5.74, 6) is -3.38. The minimum atomic E-state index is -6.27. The molecule has 0 aliphatic carbocycles. The van der Waals surface area contributed by atoms with Gasteiger partial charge in [-0.25, -0.2) is 54.3 Å². The minimum absolute atomic E-state index is 0.0604. The molecule has 0 aliphatic heterocycles. The highest BCUT2D eigenvalue weighted by molar-refractivity contribution is 7.88. The predicted molar refractivity (Wildman–Crippen MR) is 447 cm³/mol. The highest BCUT2D eigenvalue weighted by Crippen LogP contribution is 2.36. The highest BCUT2D eigenvalue weighted by atomic mass is 32.2. The van der Waals surface area contributed by atoms with Crippen LogP contribution in [0.3, 0.4) is 0 Å². The number of para-hydroxylation sites is 2. The number of nitrogens with one attached hydrogen (secondary N) is 2. The van der Waals surface area contributed by atoms with Crippen molar-refractivity contribution >= 4 is 83.5 Å². The third-order valence-electron chi connectivity index (χ3n) is 18.2. The second kappa shape index (κ2) is 41.1. The molecule has 0 spiro atoms. The van der Waals surface area contributed by atoms with Crippen LogP contribution in [0.15, 0.2) is 220 Å². The van der Waals surface area contributed by atoms with E-state index < -0.39 is 83.9 Å². The number of aromatic hydroxyl groups is 1. The number of rotatable bonds is 28. The number of alkyl halides is 3. The number of fused-ring (bicyclic) bond motifs is 4. The number of pyridine rings is 4. The molecule has 0 saturated carbocycles. The maximum atomic E-state index is 13.6. The number of methoxy groups -OCH3 is 2. The van der Waals surface area contributed by atoms with Crippen LogP contribution in [0.1, 0.15) is 108 Å². The summed E-state index contributed by atoms with van der Waals surface area (Å²) in [6, 6.07) is 53.5. The smallest absolute Gasteiger partial charge is 0.506 e. The number of benzene rings is 6. The minimum Gasteiger partial charge on any atom is -0.506 e. The number of esters is 3. The van der Waals surface area contributed by atoms with Crippen LogP contribution in [0, 0.1) is 27.7 Å². The molecule has 0 unspecified atom stereocenters. The van der Waals surface area contributed by atoms with Gasteiger partial charge in [0.05, 0.1) is 89.7 Å². The zero-order valence-electron chi connectivity index (χ0n) is 68.0. The summed E-state index contributed by atoms with van der Waals surface area (Å²) < 4.78 is 96.2. The Morgan fingerprint density at radius 1 is 0.419 bits per heavy atom. The molecule has 0 amide bonds. The maximum Gasteiger partial charge on any atom is 0.534 e. The van der Waals surface area contributed by atoms with Gasteiger partial charge in [0.15, 0.2) is 45.0 Å². The number of anilines is 2. The summed E-state index contributed by atoms with van der Waals surface area (Å²) in [6.07, 6.45) is 5.02. The third-order valence-corrected chi connectivity index (χ3v) is 19.2. The van der Waals surface area contributed by atoms with Gasteiger partial charge in [0.2, 0.25) is 0 Å². The van der Waals surface area contributed by atoms with Crippen molar-refractivity contribution < 1.29 is 88.3 Å². The number of hydrogen-bond acceptors (Lipinski definition) is 30. The monoisotopic (exact) mass is 1720 g/mol.